The topological polar surface area (TPSA) is 21.3 Å². The molecule has 1 unspecified atom stereocenters. The normalized spacial score (nSPS) is 19.2. The number of aryl methyl sites for hydroxylation is 1. The number of rotatable bonds is 6. The van der Waals surface area contributed by atoms with Gasteiger partial charge < -0.3 is 10.1 Å². The van der Waals surface area contributed by atoms with Crippen molar-refractivity contribution in [2.45, 2.75) is 65.3 Å². The standard InChI is InChI=1S/C19H31NO/c1-5-13-20-18(19(3)11-7-6-8-12-19)16-9-10-17(21-4)15(2)14-16/h9-10,14,18,20H,5-8,11-13H2,1-4H3. The van der Waals surface area contributed by atoms with Gasteiger partial charge in [-0.05, 0) is 55.3 Å². The highest BCUT2D eigenvalue weighted by atomic mass is 16.5. The molecule has 0 spiro atoms. The third-order valence-electron chi connectivity index (χ3n) is 5.04. The summed E-state index contributed by atoms with van der Waals surface area (Å²) in [5.41, 5.74) is 3.04. The molecule has 1 aromatic carbocycles. The predicted octanol–water partition coefficient (Wildman–Crippen LogP) is 5.01. The zero-order valence-electron chi connectivity index (χ0n) is 14.2. The summed E-state index contributed by atoms with van der Waals surface area (Å²) in [6.07, 6.45) is 7.99. The maximum atomic E-state index is 5.41. The van der Waals surface area contributed by atoms with E-state index in [-0.39, 0.29) is 0 Å². The lowest BCUT2D eigenvalue weighted by molar-refractivity contribution is 0.144. The minimum atomic E-state index is 0.383. The molecule has 21 heavy (non-hydrogen) atoms. The molecular formula is C19H31NO. The van der Waals surface area contributed by atoms with Crippen molar-refractivity contribution >= 4 is 0 Å². The van der Waals surface area contributed by atoms with Gasteiger partial charge in [-0.25, -0.2) is 0 Å². The molecule has 1 aromatic rings. The van der Waals surface area contributed by atoms with E-state index in [9.17, 15) is 0 Å². The van der Waals surface area contributed by atoms with Gasteiger partial charge >= 0.3 is 0 Å². The van der Waals surface area contributed by atoms with Crippen LogP contribution < -0.4 is 10.1 Å². The van der Waals surface area contributed by atoms with Gasteiger partial charge in [-0.15, -0.1) is 0 Å². The first-order chi connectivity index (χ1) is 10.1. The van der Waals surface area contributed by atoms with Gasteiger partial charge in [-0.2, -0.15) is 0 Å². The molecule has 0 aliphatic heterocycles. The lowest BCUT2D eigenvalue weighted by atomic mass is 9.68. The van der Waals surface area contributed by atoms with Gasteiger partial charge in [0.1, 0.15) is 5.75 Å². The molecule has 1 aliphatic carbocycles. The molecule has 0 radical (unpaired) electrons. The highest BCUT2D eigenvalue weighted by Gasteiger charge is 2.36. The van der Waals surface area contributed by atoms with Crippen molar-refractivity contribution in [2.75, 3.05) is 13.7 Å². The second-order valence-electron chi connectivity index (χ2n) is 6.83. The van der Waals surface area contributed by atoms with E-state index in [1.54, 1.807) is 7.11 Å². The fourth-order valence-corrected chi connectivity index (χ4v) is 3.78. The van der Waals surface area contributed by atoms with E-state index >= 15 is 0 Å². The van der Waals surface area contributed by atoms with E-state index in [0.717, 1.165) is 12.3 Å². The van der Waals surface area contributed by atoms with E-state index in [0.29, 0.717) is 11.5 Å². The van der Waals surface area contributed by atoms with Gasteiger partial charge in [0.25, 0.3) is 0 Å². The quantitative estimate of drug-likeness (QED) is 0.794. The van der Waals surface area contributed by atoms with Gasteiger partial charge in [0.15, 0.2) is 0 Å². The van der Waals surface area contributed by atoms with Crippen LogP contribution in [0.5, 0.6) is 5.75 Å². The van der Waals surface area contributed by atoms with Gasteiger partial charge in [0, 0.05) is 6.04 Å². The van der Waals surface area contributed by atoms with E-state index in [4.69, 9.17) is 4.74 Å². The Labute approximate surface area is 130 Å². The Kier molecular flexibility index (Phi) is 5.69. The highest BCUT2D eigenvalue weighted by Crippen LogP contribution is 2.46. The number of ether oxygens (including phenoxy) is 1. The number of benzene rings is 1. The van der Waals surface area contributed by atoms with E-state index in [1.807, 2.05) is 0 Å². The predicted molar refractivity (Wildman–Crippen MR) is 90.0 cm³/mol. The second kappa shape index (κ2) is 7.31. The average molecular weight is 289 g/mol. The molecule has 1 saturated carbocycles. The molecule has 0 aromatic heterocycles. The first-order valence-electron chi connectivity index (χ1n) is 8.48. The summed E-state index contributed by atoms with van der Waals surface area (Å²) >= 11 is 0. The third kappa shape index (κ3) is 3.79. The first-order valence-corrected chi connectivity index (χ1v) is 8.48. The van der Waals surface area contributed by atoms with Gasteiger partial charge in [0.2, 0.25) is 0 Å². The van der Waals surface area contributed by atoms with Crippen LogP contribution in [0.15, 0.2) is 18.2 Å². The van der Waals surface area contributed by atoms with Crippen molar-refractivity contribution in [1.29, 1.82) is 0 Å². The summed E-state index contributed by atoms with van der Waals surface area (Å²) in [7, 11) is 1.75. The summed E-state index contributed by atoms with van der Waals surface area (Å²) in [6.45, 7) is 7.94. The number of hydrogen-bond acceptors (Lipinski definition) is 2. The van der Waals surface area contributed by atoms with Crippen LogP contribution in [0.2, 0.25) is 0 Å². The monoisotopic (exact) mass is 289 g/mol. The molecule has 2 rings (SSSR count). The van der Waals surface area contributed by atoms with E-state index < -0.39 is 0 Å². The van der Waals surface area contributed by atoms with Crippen LogP contribution in [0.25, 0.3) is 0 Å². The molecule has 118 valence electrons. The molecule has 0 heterocycles. The van der Waals surface area contributed by atoms with Gasteiger partial charge in [0.05, 0.1) is 7.11 Å². The molecular weight excluding hydrogens is 258 g/mol. The van der Waals surface area contributed by atoms with Crippen LogP contribution in [0, 0.1) is 12.3 Å². The van der Waals surface area contributed by atoms with Crippen molar-refractivity contribution in [2.24, 2.45) is 5.41 Å². The average Bonchev–Trinajstić information content (AvgIpc) is 2.48. The Bertz CT molecular complexity index is 449. The Morgan fingerprint density at radius 1 is 1.24 bits per heavy atom. The van der Waals surface area contributed by atoms with Crippen LogP contribution in [-0.4, -0.2) is 13.7 Å². The first kappa shape index (κ1) is 16.4. The van der Waals surface area contributed by atoms with Gasteiger partial charge in [-0.1, -0.05) is 45.2 Å². The van der Waals surface area contributed by atoms with Crippen LogP contribution in [0.4, 0.5) is 0 Å². The van der Waals surface area contributed by atoms with Crippen LogP contribution >= 0.6 is 0 Å². The Morgan fingerprint density at radius 2 is 1.95 bits per heavy atom. The minimum Gasteiger partial charge on any atom is -0.496 e. The summed E-state index contributed by atoms with van der Waals surface area (Å²) < 4.78 is 5.41. The van der Waals surface area contributed by atoms with Crippen molar-refractivity contribution in [3.05, 3.63) is 29.3 Å². The van der Waals surface area contributed by atoms with Crippen molar-refractivity contribution in [3.8, 4) is 5.75 Å². The van der Waals surface area contributed by atoms with E-state index in [2.05, 4.69) is 44.3 Å². The van der Waals surface area contributed by atoms with Crippen LogP contribution in [0.1, 0.15) is 69.5 Å². The summed E-state index contributed by atoms with van der Waals surface area (Å²) in [5, 5.41) is 3.82. The van der Waals surface area contributed by atoms with Crippen molar-refractivity contribution < 1.29 is 4.74 Å². The molecule has 1 atom stereocenters. The summed E-state index contributed by atoms with van der Waals surface area (Å²) in [4.78, 5) is 0. The smallest absolute Gasteiger partial charge is 0.121 e. The van der Waals surface area contributed by atoms with E-state index in [1.165, 1.54) is 49.7 Å². The fourth-order valence-electron chi connectivity index (χ4n) is 3.78. The maximum Gasteiger partial charge on any atom is 0.121 e. The molecule has 1 fully saturated rings. The van der Waals surface area contributed by atoms with Crippen molar-refractivity contribution in [1.82, 2.24) is 5.32 Å². The molecule has 2 nitrogen and oxygen atoms in total. The van der Waals surface area contributed by atoms with Crippen molar-refractivity contribution in [3.63, 3.8) is 0 Å². The highest BCUT2D eigenvalue weighted by molar-refractivity contribution is 5.38. The summed E-state index contributed by atoms with van der Waals surface area (Å²) in [5.74, 6) is 0.988. The zero-order valence-corrected chi connectivity index (χ0v) is 14.2. The lowest BCUT2D eigenvalue weighted by Gasteiger charge is -2.42. The van der Waals surface area contributed by atoms with Gasteiger partial charge in [-0.3, -0.25) is 0 Å². The summed E-state index contributed by atoms with van der Waals surface area (Å²) in [6, 6.07) is 7.14. The molecule has 0 saturated heterocycles. The third-order valence-corrected chi connectivity index (χ3v) is 5.04. The molecule has 0 amide bonds. The van der Waals surface area contributed by atoms with Crippen LogP contribution in [0.3, 0.4) is 0 Å². The fraction of sp³-hybridized carbons (Fsp3) is 0.684. The molecule has 2 heteroatoms. The Balaban J connectivity index is 2.28. The molecule has 1 aliphatic rings. The molecule has 0 bridgehead atoms. The van der Waals surface area contributed by atoms with Crippen LogP contribution in [-0.2, 0) is 0 Å². The molecule has 1 N–H and O–H groups in total. The minimum absolute atomic E-state index is 0.383. The number of nitrogens with one attached hydrogen (secondary N) is 1. The zero-order chi connectivity index (χ0) is 15.3. The number of methoxy groups -OCH3 is 1. The largest absolute Gasteiger partial charge is 0.496 e. The SMILES string of the molecule is CCCNC(c1ccc(OC)c(C)c1)C1(C)CCCCC1. The second-order valence-corrected chi connectivity index (χ2v) is 6.83. The maximum absolute atomic E-state index is 5.41. The Hall–Kier alpha value is -1.02. The lowest BCUT2D eigenvalue weighted by Crippen LogP contribution is -2.38. The number of hydrogen-bond donors (Lipinski definition) is 1. The Morgan fingerprint density at radius 3 is 2.52 bits per heavy atom.